The Morgan fingerprint density at radius 3 is 2.66 bits per heavy atom. The second kappa shape index (κ2) is 7.73. The summed E-state index contributed by atoms with van der Waals surface area (Å²) in [7, 11) is 0. The molecule has 3 heterocycles. The van der Waals surface area contributed by atoms with Gasteiger partial charge in [-0.05, 0) is 42.8 Å². The Balaban J connectivity index is 1.44. The topological polar surface area (TPSA) is 75.1 Å². The number of fused-ring (bicyclic) bond motifs is 1. The molecule has 6 nitrogen and oxygen atoms in total. The van der Waals surface area contributed by atoms with Crippen LogP contribution in [-0.4, -0.2) is 25.5 Å². The summed E-state index contributed by atoms with van der Waals surface area (Å²) in [5.41, 5.74) is 4.37. The molecule has 0 saturated carbocycles. The fourth-order valence-corrected chi connectivity index (χ4v) is 3.56. The fourth-order valence-electron chi connectivity index (χ4n) is 3.56. The smallest absolute Gasteiger partial charge is 0.273 e. The molecule has 158 valence electrons. The summed E-state index contributed by atoms with van der Waals surface area (Å²) in [4.78, 5) is 17.5. The molecule has 0 atom stereocenters. The van der Waals surface area contributed by atoms with E-state index in [1.807, 2.05) is 54.0 Å². The van der Waals surface area contributed by atoms with Crippen molar-refractivity contribution < 1.29 is 13.6 Å². The third-order valence-corrected chi connectivity index (χ3v) is 5.16. The Kier molecular flexibility index (Phi) is 4.74. The second-order valence-electron chi connectivity index (χ2n) is 7.34. The normalized spacial score (nSPS) is 11.1. The first-order chi connectivity index (χ1) is 15.5. The van der Waals surface area contributed by atoms with Crippen LogP contribution in [-0.2, 0) is 0 Å². The van der Waals surface area contributed by atoms with Crippen LogP contribution in [0.15, 0.2) is 73.1 Å². The van der Waals surface area contributed by atoms with Gasteiger partial charge in [0.25, 0.3) is 5.91 Å². The van der Waals surface area contributed by atoms with Crippen LogP contribution in [0.25, 0.3) is 28.2 Å². The van der Waals surface area contributed by atoms with E-state index >= 15 is 0 Å². The van der Waals surface area contributed by atoms with Crippen molar-refractivity contribution in [2.45, 2.75) is 6.92 Å². The lowest BCUT2D eigenvalue weighted by Crippen LogP contribution is -2.13. The van der Waals surface area contributed by atoms with Gasteiger partial charge in [-0.1, -0.05) is 24.3 Å². The van der Waals surface area contributed by atoms with E-state index in [1.54, 1.807) is 6.07 Å². The molecule has 0 radical (unpaired) electrons. The van der Waals surface area contributed by atoms with Gasteiger partial charge in [-0.2, -0.15) is 5.10 Å². The molecule has 5 rings (SSSR count). The van der Waals surface area contributed by atoms with Gasteiger partial charge < -0.3 is 9.72 Å². The molecule has 0 aliphatic rings. The zero-order valence-electron chi connectivity index (χ0n) is 16.9. The number of hydrogen-bond acceptors (Lipinski definition) is 3. The van der Waals surface area contributed by atoms with E-state index in [0.29, 0.717) is 11.4 Å². The highest BCUT2D eigenvalue weighted by Gasteiger charge is 2.17. The quantitative estimate of drug-likeness (QED) is 0.411. The van der Waals surface area contributed by atoms with Crippen LogP contribution >= 0.6 is 0 Å². The van der Waals surface area contributed by atoms with Crippen LogP contribution < -0.4 is 5.32 Å². The van der Waals surface area contributed by atoms with Crippen molar-refractivity contribution in [1.29, 1.82) is 0 Å². The Morgan fingerprint density at radius 2 is 1.84 bits per heavy atom. The third-order valence-electron chi connectivity index (χ3n) is 5.16. The fraction of sp³-hybridized carbons (Fsp3) is 0.0417. The largest absolute Gasteiger partial charge is 0.320 e. The molecule has 5 aromatic rings. The minimum atomic E-state index is -0.754. The number of amides is 1. The zero-order chi connectivity index (χ0) is 22.2. The predicted molar refractivity (Wildman–Crippen MR) is 117 cm³/mol. The maximum absolute atomic E-state index is 14.0. The second-order valence-corrected chi connectivity index (χ2v) is 7.34. The number of aryl methyl sites for hydroxylation is 1. The van der Waals surface area contributed by atoms with Crippen molar-refractivity contribution in [3.63, 3.8) is 0 Å². The number of halogens is 2. The molecule has 1 amide bonds. The van der Waals surface area contributed by atoms with E-state index < -0.39 is 17.5 Å². The van der Waals surface area contributed by atoms with E-state index in [0.717, 1.165) is 28.9 Å². The van der Waals surface area contributed by atoms with E-state index in [1.165, 1.54) is 12.1 Å². The average Bonchev–Trinajstić information content (AvgIpc) is 3.42. The Hall–Kier alpha value is -4.33. The molecule has 0 bridgehead atoms. The number of carbonyl (C=O) groups is 1. The van der Waals surface area contributed by atoms with Crippen molar-refractivity contribution in [2.75, 3.05) is 5.32 Å². The van der Waals surface area contributed by atoms with E-state index in [2.05, 4.69) is 15.5 Å². The van der Waals surface area contributed by atoms with Crippen LogP contribution in [0.3, 0.4) is 0 Å². The number of hydrogen-bond donors (Lipinski definition) is 2. The van der Waals surface area contributed by atoms with E-state index in [-0.39, 0.29) is 17.0 Å². The molecular formula is C24H17F2N5O. The highest BCUT2D eigenvalue weighted by Crippen LogP contribution is 2.29. The molecule has 3 aromatic heterocycles. The first-order valence-electron chi connectivity index (χ1n) is 9.85. The number of H-pyrrole nitrogens is 1. The lowest BCUT2D eigenvalue weighted by molar-refractivity contribution is 0.102. The molecule has 8 heteroatoms. The number of aromatic amines is 1. The molecule has 2 aromatic carbocycles. The summed E-state index contributed by atoms with van der Waals surface area (Å²) >= 11 is 0. The van der Waals surface area contributed by atoms with Gasteiger partial charge in [-0.3, -0.25) is 9.89 Å². The summed E-state index contributed by atoms with van der Waals surface area (Å²) in [6.07, 6.45) is 3.82. The van der Waals surface area contributed by atoms with Gasteiger partial charge in [0.05, 0.1) is 17.1 Å². The molecular weight excluding hydrogens is 412 g/mol. The van der Waals surface area contributed by atoms with Crippen LogP contribution in [0.1, 0.15) is 16.1 Å². The highest BCUT2D eigenvalue weighted by atomic mass is 19.1. The van der Waals surface area contributed by atoms with Gasteiger partial charge in [0, 0.05) is 29.6 Å². The van der Waals surface area contributed by atoms with Crippen molar-refractivity contribution in [3.8, 4) is 22.5 Å². The van der Waals surface area contributed by atoms with Crippen molar-refractivity contribution in [2.24, 2.45) is 0 Å². The van der Waals surface area contributed by atoms with E-state index in [9.17, 15) is 13.6 Å². The van der Waals surface area contributed by atoms with Crippen molar-refractivity contribution >= 4 is 17.2 Å². The SMILES string of the molecule is Cc1cccn2cc(-c3ccccc3NC(=O)c3cc(-c4ccc(F)cc4F)n[nH]3)nc12. The van der Waals surface area contributed by atoms with Crippen LogP contribution in [0.4, 0.5) is 14.5 Å². The van der Waals surface area contributed by atoms with Gasteiger partial charge in [0.15, 0.2) is 0 Å². The summed E-state index contributed by atoms with van der Waals surface area (Å²) in [5.74, 6) is -1.88. The number of nitrogens with zero attached hydrogens (tertiary/aromatic N) is 3. The number of para-hydroxylation sites is 1. The molecule has 32 heavy (non-hydrogen) atoms. The van der Waals surface area contributed by atoms with E-state index in [4.69, 9.17) is 4.98 Å². The predicted octanol–water partition coefficient (Wildman–Crippen LogP) is 5.23. The number of aromatic nitrogens is 4. The minimum absolute atomic E-state index is 0.0992. The summed E-state index contributed by atoms with van der Waals surface area (Å²) in [6, 6.07) is 15.9. The molecule has 0 spiro atoms. The Labute approximate surface area is 181 Å². The van der Waals surface area contributed by atoms with Crippen molar-refractivity contribution in [3.05, 3.63) is 95.9 Å². The first-order valence-corrected chi connectivity index (χ1v) is 9.85. The van der Waals surface area contributed by atoms with Crippen LogP contribution in [0.5, 0.6) is 0 Å². The molecule has 2 N–H and O–H groups in total. The maximum atomic E-state index is 14.0. The summed E-state index contributed by atoms with van der Waals surface area (Å²) < 4.78 is 29.1. The molecule has 0 aliphatic carbocycles. The number of rotatable bonds is 4. The maximum Gasteiger partial charge on any atom is 0.273 e. The Bertz CT molecular complexity index is 1470. The van der Waals surface area contributed by atoms with Gasteiger partial charge in [0.2, 0.25) is 0 Å². The number of benzene rings is 2. The standard InChI is InChI=1S/C24H17F2N5O/c1-14-5-4-10-31-13-22(27-23(14)31)17-6-2-3-7-19(17)28-24(32)21-12-20(29-30-21)16-9-8-15(25)11-18(16)26/h2-13H,1H3,(H,28,32)(H,29,30). The molecule has 0 unspecified atom stereocenters. The van der Waals surface area contributed by atoms with Crippen LogP contribution in [0, 0.1) is 18.6 Å². The molecule has 0 saturated heterocycles. The number of imidazole rings is 1. The lowest BCUT2D eigenvalue weighted by Gasteiger charge is -2.08. The number of nitrogens with one attached hydrogen (secondary N) is 2. The molecule has 0 fully saturated rings. The van der Waals surface area contributed by atoms with Gasteiger partial charge >= 0.3 is 0 Å². The highest BCUT2D eigenvalue weighted by molar-refractivity contribution is 6.05. The zero-order valence-corrected chi connectivity index (χ0v) is 16.9. The summed E-state index contributed by atoms with van der Waals surface area (Å²) in [5, 5.41) is 9.47. The van der Waals surface area contributed by atoms with Crippen LogP contribution in [0.2, 0.25) is 0 Å². The monoisotopic (exact) mass is 429 g/mol. The third kappa shape index (κ3) is 3.51. The Morgan fingerprint density at radius 1 is 1.00 bits per heavy atom. The number of anilines is 1. The first kappa shape index (κ1) is 19.6. The molecule has 0 aliphatic heterocycles. The summed E-state index contributed by atoms with van der Waals surface area (Å²) in [6.45, 7) is 1.99. The van der Waals surface area contributed by atoms with Gasteiger partial charge in [-0.15, -0.1) is 0 Å². The van der Waals surface area contributed by atoms with Gasteiger partial charge in [-0.25, -0.2) is 13.8 Å². The number of pyridine rings is 1. The average molecular weight is 429 g/mol. The van der Waals surface area contributed by atoms with Gasteiger partial charge in [0.1, 0.15) is 23.0 Å². The minimum Gasteiger partial charge on any atom is -0.320 e. The van der Waals surface area contributed by atoms with Crippen molar-refractivity contribution in [1.82, 2.24) is 19.6 Å². The number of carbonyl (C=O) groups excluding carboxylic acids is 1. The lowest BCUT2D eigenvalue weighted by atomic mass is 10.1.